The first-order chi connectivity index (χ1) is 7.71. The smallest absolute Gasteiger partial charge is 0.269 e. The Morgan fingerprint density at radius 3 is 2.50 bits per heavy atom. The average Bonchev–Trinajstić information content (AvgIpc) is 2.35. The third-order valence-electron chi connectivity index (χ3n) is 2.31. The number of carbonyl (C=O) groups is 1. The topological polar surface area (TPSA) is 54.4 Å². The second-order valence-electron chi connectivity index (χ2n) is 3.37. The zero-order valence-electron chi connectivity index (χ0n) is 9.95. The fourth-order valence-electron chi connectivity index (χ4n) is 1.31. The maximum Gasteiger partial charge on any atom is 0.269 e. The van der Waals surface area contributed by atoms with Crippen LogP contribution in [-0.4, -0.2) is 23.7 Å². The molecule has 0 saturated carbocycles. The van der Waals surface area contributed by atoms with Crippen LogP contribution in [0.25, 0.3) is 0 Å². The Morgan fingerprint density at radius 2 is 2.06 bits per heavy atom. The van der Waals surface area contributed by atoms with E-state index >= 15 is 0 Å². The molecule has 0 saturated heterocycles. The van der Waals surface area contributed by atoms with Gasteiger partial charge in [0.1, 0.15) is 5.69 Å². The Balaban J connectivity index is 2.86. The van der Waals surface area contributed by atoms with Gasteiger partial charge >= 0.3 is 0 Å². The summed E-state index contributed by atoms with van der Waals surface area (Å²) in [5.74, 6) is -0.179. The molecular formula is C12H17N3O. The van der Waals surface area contributed by atoms with Gasteiger partial charge in [0, 0.05) is 12.8 Å². The highest BCUT2D eigenvalue weighted by Crippen LogP contribution is 2.12. The first-order valence-electron chi connectivity index (χ1n) is 5.45. The van der Waals surface area contributed by atoms with Gasteiger partial charge in [0.25, 0.3) is 5.91 Å². The van der Waals surface area contributed by atoms with E-state index in [-0.39, 0.29) is 5.91 Å². The van der Waals surface area contributed by atoms with Crippen LogP contribution < -0.4 is 5.32 Å². The van der Waals surface area contributed by atoms with Crippen molar-refractivity contribution in [3.05, 3.63) is 24.0 Å². The van der Waals surface area contributed by atoms with Crippen LogP contribution >= 0.6 is 0 Å². The van der Waals surface area contributed by atoms with Gasteiger partial charge in [0.05, 0.1) is 11.9 Å². The molecule has 1 rings (SSSR count). The van der Waals surface area contributed by atoms with Gasteiger partial charge in [-0.15, -0.1) is 0 Å². The van der Waals surface area contributed by atoms with Crippen molar-refractivity contribution < 1.29 is 4.79 Å². The highest BCUT2D eigenvalue weighted by molar-refractivity contribution is 5.92. The maximum absolute atomic E-state index is 11.2. The van der Waals surface area contributed by atoms with Crippen LogP contribution in [0.5, 0.6) is 0 Å². The lowest BCUT2D eigenvalue weighted by Crippen LogP contribution is -2.18. The van der Waals surface area contributed by atoms with Gasteiger partial charge in [-0.2, -0.15) is 0 Å². The molecule has 1 N–H and O–H groups in total. The first-order valence-corrected chi connectivity index (χ1v) is 5.45. The van der Waals surface area contributed by atoms with Crippen LogP contribution in [0.15, 0.2) is 23.3 Å². The zero-order valence-corrected chi connectivity index (χ0v) is 9.95. The van der Waals surface area contributed by atoms with Crippen LogP contribution in [0.3, 0.4) is 0 Å². The molecule has 0 spiro atoms. The summed E-state index contributed by atoms with van der Waals surface area (Å²) in [4.78, 5) is 19.7. The lowest BCUT2D eigenvalue weighted by atomic mass is 10.2. The van der Waals surface area contributed by atoms with E-state index in [9.17, 15) is 4.79 Å². The number of aromatic nitrogens is 1. The van der Waals surface area contributed by atoms with Gasteiger partial charge in [-0.1, -0.05) is 13.8 Å². The molecule has 0 aliphatic carbocycles. The molecule has 0 fully saturated rings. The van der Waals surface area contributed by atoms with Crippen molar-refractivity contribution in [1.82, 2.24) is 10.3 Å². The van der Waals surface area contributed by atoms with Crippen molar-refractivity contribution in [2.24, 2.45) is 4.99 Å². The van der Waals surface area contributed by atoms with Crippen LogP contribution in [-0.2, 0) is 0 Å². The predicted molar refractivity (Wildman–Crippen MR) is 65.3 cm³/mol. The Hall–Kier alpha value is -1.71. The molecule has 16 heavy (non-hydrogen) atoms. The number of hydrogen-bond donors (Lipinski definition) is 1. The van der Waals surface area contributed by atoms with E-state index in [1.807, 2.05) is 6.07 Å². The van der Waals surface area contributed by atoms with Gasteiger partial charge < -0.3 is 5.32 Å². The lowest BCUT2D eigenvalue weighted by Gasteiger charge is -2.01. The molecule has 0 aliphatic heterocycles. The molecule has 0 aliphatic rings. The molecule has 1 amide bonds. The fourth-order valence-corrected chi connectivity index (χ4v) is 1.31. The highest BCUT2D eigenvalue weighted by Gasteiger charge is 2.03. The number of hydrogen-bond acceptors (Lipinski definition) is 3. The third-order valence-corrected chi connectivity index (χ3v) is 2.31. The van der Waals surface area contributed by atoms with Crippen molar-refractivity contribution in [1.29, 1.82) is 0 Å². The van der Waals surface area contributed by atoms with Crippen molar-refractivity contribution in [2.45, 2.75) is 26.7 Å². The van der Waals surface area contributed by atoms with Gasteiger partial charge in [0.15, 0.2) is 0 Å². The Morgan fingerprint density at radius 1 is 1.38 bits per heavy atom. The SMILES string of the molecule is CCC(CC)=Nc1ccc(C(=O)NC)nc1. The minimum Gasteiger partial charge on any atom is -0.354 e. The number of amides is 1. The summed E-state index contributed by atoms with van der Waals surface area (Å²) >= 11 is 0. The van der Waals surface area contributed by atoms with E-state index in [2.05, 4.69) is 29.1 Å². The van der Waals surface area contributed by atoms with Crippen molar-refractivity contribution in [3.63, 3.8) is 0 Å². The summed E-state index contributed by atoms with van der Waals surface area (Å²) in [7, 11) is 1.59. The summed E-state index contributed by atoms with van der Waals surface area (Å²) in [6, 6.07) is 3.49. The van der Waals surface area contributed by atoms with Crippen molar-refractivity contribution >= 4 is 17.3 Å². The summed E-state index contributed by atoms with van der Waals surface area (Å²) in [5, 5.41) is 2.53. The largest absolute Gasteiger partial charge is 0.354 e. The molecule has 1 heterocycles. The van der Waals surface area contributed by atoms with Gasteiger partial charge in [-0.3, -0.25) is 9.79 Å². The van der Waals surface area contributed by atoms with Gasteiger partial charge in [-0.05, 0) is 25.0 Å². The molecule has 1 aromatic rings. The number of aliphatic imine (C=N–C) groups is 1. The van der Waals surface area contributed by atoms with Gasteiger partial charge in [-0.25, -0.2) is 4.98 Å². The molecule has 4 heteroatoms. The molecule has 0 atom stereocenters. The monoisotopic (exact) mass is 219 g/mol. The van der Waals surface area contributed by atoms with E-state index in [4.69, 9.17) is 0 Å². The Bertz CT molecular complexity index is 376. The molecule has 1 aromatic heterocycles. The minimum atomic E-state index is -0.179. The van der Waals surface area contributed by atoms with E-state index in [1.54, 1.807) is 19.3 Å². The molecule has 86 valence electrons. The molecular weight excluding hydrogens is 202 g/mol. The van der Waals surface area contributed by atoms with Gasteiger partial charge in [0.2, 0.25) is 0 Å². The zero-order chi connectivity index (χ0) is 12.0. The number of nitrogens with one attached hydrogen (secondary N) is 1. The third kappa shape index (κ3) is 3.15. The van der Waals surface area contributed by atoms with Crippen molar-refractivity contribution in [3.8, 4) is 0 Å². The number of rotatable bonds is 4. The number of pyridine rings is 1. The second-order valence-corrected chi connectivity index (χ2v) is 3.37. The lowest BCUT2D eigenvalue weighted by molar-refractivity contribution is 0.0958. The quantitative estimate of drug-likeness (QED) is 0.790. The summed E-state index contributed by atoms with van der Waals surface area (Å²) in [5.41, 5.74) is 2.34. The Labute approximate surface area is 95.8 Å². The van der Waals surface area contributed by atoms with Crippen molar-refractivity contribution in [2.75, 3.05) is 7.05 Å². The van der Waals surface area contributed by atoms with Crippen LogP contribution in [0.2, 0.25) is 0 Å². The molecule has 0 bridgehead atoms. The summed E-state index contributed by atoms with van der Waals surface area (Å²) in [6.45, 7) is 4.16. The molecule has 0 aromatic carbocycles. The standard InChI is InChI=1S/C12H17N3O/c1-4-9(5-2)15-10-6-7-11(14-8-10)12(16)13-3/h6-8H,4-5H2,1-3H3,(H,13,16). The minimum absolute atomic E-state index is 0.179. The van der Waals surface area contributed by atoms with E-state index in [0.717, 1.165) is 24.2 Å². The van der Waals surface area contributed by atoms with Crippen LogP contribution in [0.1, 0.15) is 37.2 Å². The first kappa shape index (κ1) is 12.4. The van der Waals surface area contributed by atoms with E-state index < -0.39 is 0 Å². The number of nitrogens with zero attached hydrogens (tertiary/aromatic N) is 2. The van der Waals surface area contributed by atoms with E-state index in [1.165, 1.54) is 0 Å². The predicted octanol–water partition coefficient (Wildman–Crippen LogP) is 2.33. The molecule has 0 radical (unpaired) electrons. The molecule has 4 nitrogen and oxygen atoms in total. The fraction of sp³-hybridized carbons (Fsp3) is 0.417. The molecule has 0 unspecified atom stereocenters. The number of carbonyl (C=O) groups excluding carboxylic acids is 1. The highest BCUT2D eigenvalue weighted by atomic mass is 16.1. The van der Waals surface area contributed by atoms with Crippen LogP contribution in [0, 0.1) is 0 Å². The normalized spacial score (nSPS) is 9.69. The average molecular weight is 219 g/mol. The van der Waals surface area contributed by atoms with Crippen LogP contribution in [0.4, 0.5) is 5.69 Å². The summed E-state index contributed by atoms with van der Waals surface area (Å²) in [6.07, 6.45) is 3.50. The summed E-state index contributed by atoms with van der Waals surface area (Å²) < 4.78 is 0. The Kier molecular flexibility index (Phi) is 4.64. The maximum atomic E-state index is 11.2. The van der Waals surface area contributed by atoms with E-state index in [0.29, 0.717) is 5.69 Å². The second kappa shape index (κ2) is 6.00.